The van der Waals surface area contributed by atoms with Crippen LogP contribution in [-0.2, 0) is 11.4 Å². The van der Waals surface area contributed by atoms with Crippen molar-refractivity contribution < 1.29 is 23.5 Å². The molecule has 0 bridgehead atoms. The Morgan fingerprint density at radius 2 is 1.64 bits per heavy atom. The third-order valence-corrected chi connectivity index (χ3v) is 1.15. The minimum absolute atomic E-state index is 0.0925. The Balaban J connectivity index is 0.000000364. The van der Waals surface area contributed by atoms with Crippen molar-refractivity contribution in [3.8, 4) is 5.75 Å². The summed E-state index contributed by atoms with van der Waals surface area (Å²) in [5, 5.41) is 19.9. The zero-order valence-electron chi connectivity index (χ0n) is 7.12. The van der Waals surface area contributed by atoms with Crippen LogP contribution in [0.4, 0.5) is 5.69 Å². The van der Waals surface area contributed by atoms with Crippen LogP contribution in [0.2, 0.25) is 0 Å². The van der Waals surface area contributed by atoms with Gasteiger partial charge in [0.25, 0.3) is 11.4 Å². The van der Waals surface area contributed by atoms with E-state index in [1.807, 2.05) is 0 Å². The van der Waals surface area contributed by atoms with Gasteiger partial charge >= 0.3 is 0 Å². The van der Waals surface area contributed by atoms with Crippen molar-refractivity contribution in [1.82, 2.24) is 0 Å². The average molecular weight is 221 g/mol. The first-order valence-electron chi connectivity index (χ1n) is 3.50. The number of anilines is 1. The van der Waals surface area contributed by atoms with Crippen molar-refractivity contribution in [2.45, 2.75) is 0 Å². The lowest BCUT2D eigenvalue weighted by Crippen LogP contribution is -1.98. The normalized spacial score (nSPS) is 9.14. The second-order valence-electron chi connectivity index (χ2n) is 2.11. The number of aliphatic hydroxyl groups excluding tert-OH is 1. The van der Waals surface area contributed by atoms with Crippen molar-refractivity contribution in [2.75, 3.05) is 12.0 Å². The van der Waals surface area contributed by atoms with Crippen LogP contribution in [0.15, 0.2) is 24.3 Å². The van der Waals surface area contributed by atoms with Gasteiger partial charge in [0.2, 0.25) is 0 Å². The lowest BCUT2D eigenvalue weighted by Gasteiger charge is -2.00. The summed E-state index contributed by atoms with van der Waals surface area (Å²) in [5.74, 6) is 0.225. The van der Waals surface area contributed by atoms with Gasteiger partial charge < -0.3 is 15.5 Å². The summed E-state index contributed by atoms with van der Waals surface area (Å²) >= 11 is -2.61. The lowest BCUT2D eigenvalue weighted by atomic mass is 10.3. The highest BCUT2D eigenvalue weighted by Gasteiger charge is 1.88. The Morgan fingerprint density at radius 1 is 1.21 bits per heavy atom. The molecule has 0 saturated heterocycles. The molecule has 0 spiro atoms. The number of aliphatic hydroxyl groups is 1. The van der Waals surface area contributed by atoms with E-state index < -0.39 is 11.4 Å². The second kappa shape index (κ2) is 7.27. The molecule has 80 valence electrons. The van der Waals surface area contributed by atoms with Crippen LogP contribution in [0, 0.1) is 0 Å². The molecule has 1 aromatic rings. The largest absolute Gasteiger partial charge is 0.508 e. The van der Waals surface area contributed by atoms with Gasteiger partial charge in [-0.05, 0) is 24.3 Å². The summed E-state index contributed by atoms with van der Waals surface area (Å²) < 4.78 is 22.8. The Hall–Kier alpha value is -1.15. The summed E-state index contributed by atoms with van der Waals surface area (Å²) in [4.78, 5) is 0. The smallest absolute Gasteiger partial charge is 0.299 e. The van der Waals surface area contributed by atoms with Crippen LogP contribution in [0.3, 0.4) is 0 Å². The highest BCUT2D eigenvalue weighted by molar-refractivity contribution is 7.73. The third-order valence-electron chi connectivity index (χ3n) is 1.15. The molecule has 1 rings (SSSR count). The first-order chi connectivity index (χ1) is 6.56. The fourth-order valence-electron chi connectivity index (χ4n) is 0.671. The minimum Gasteiger partial charge on any atom is -0.508 e. The van der Waals surface area contributed by atoms with Crippen molar-refractivity contribution in [3.63, 3.8) is 0 Å². The first-order valence-corrected chi connectivity index (χ1v) is 4.56. The Kier molecular flexibility index (Phi) is 6.68. The Labute approximate surface area is 83.3 Å². The summed E-state index contributed by atoms with van der Waals surface area (Å²) in [7, 11) is 0. The standard InChI is InChI=1S/C7H9NO2.H2O3S/c9-5-8-6-1-3-7(10)4-2-6;1-4(2)3/h1-4,8-10H,5H2;(H2,1,2,3). The predicted molar refractivity (Wildman–Crippen MR) is 52.2 cm³/mol. The maximum absolute atomic E-state index is 8.83. The molecular formula is C7H11NO5S. The molecule has 0 unspecified atom stereocenters. The van der Waals surface area contributed by atoms with E-state index in [1.165, 1.54) is 0 Å². The zero-order chi connectivity index (χ0) is 11.0. The van der Waals surface area contributed by atoms with E-state index in [4.69, 9.17) is 23.5 Å². The highest BCUT2D eigenvalue weighted by Crippen LogP contribution is 2.12. The molecule has 0 heterocycles. The molecule has 0 amide bonds. The SMILES string of the molecule is O=S(O)O.OCNc1ccc(O)cc1. The maximum atomic E-state index is 8.83. The van der Waals surface area contributed by atoms with Gasteiger partial charge in [-0.3, -0.25) is 9.11 Å². The van der Waals surface area contributed by atoms with Gasteiger partial charge in [-0.1, -0.05) is 0 Å². The van der Waals surface area contributed by atoms with Crippen LogP contribution in [0.25, 0.3) is 0 Å². The van der Waals surface area contributed by atoms with Crippen LogP contribution in [0.1, 0.15) is 0 Å². The Morgan fingerprint density at radius 3 is 2.00 bits per heavy atom. The second-order valence-corrected chi connectivity index (χ2v) is 2.57. The van der Waals surface area contributed by atoms with Gasteiger partial charge in [0.05, 0.1) is 0 Å². The molecule has 0 atom stereocenters. The number of hydrogen-bond acceptors (Lipinski definition) is 4. The van der Waals surface area contributed by atoms with Crippen LogP contribution >= 0.6 is 0 Å². The number of rotatable bonds is 2. The summed E-state index contributed by atoms with van der Waals surface area (Å²) in [6.07, 6.45) is 0. The fourth-order valence-corrected chi connectivity index (χ4v) is 0.671. The van der Waals surface area contributed by atoms with Crippen molar-refractivity contribution in [3.05, 3.63) is 24.3 Å². The number of aromatic hydroxyl groups is 1. The highest BCUT2D eigenvalue weighted by atomic mass is 32.2. The van der Waals surface area contributed by atoms with Crippen LogP contribution < -0.4 is 5.32 Å². The van der Waals surface area contributed by atoms with E-state index in [0.29, 0.717) is 0 Å². The van der Waals surface area contributed by atoms with Gasteiger partial charge in [-0.15, -0.1) is 0 Å². The summed E-state index contributed by atoms with van der Waals surface area (Å²) in [6.45, 7) is -0.0925. The van der Waals surface area contributed by atoms with Crippen LogP contribution in [-0.4, -0.2) is 30.3 Å². The minimum atomic E-state index is -2.61. The molecule has 0 aliphatic heterocycles. The van der Waals surface area contributed by atoms with E-state index in [2.05, 4.69) is 5.32 Å². The van der Waals surface area contributed by atoms with Crippen molar-refractivity contribution in [2.24, 2.45) is 0 Å². The van der Waals surface area contributed by atoms with E-state index in [1.54, 1.807) is 24.3 Å². The number of benzene rings is 1. The maximum Gasteiger partial charge on any atom is 0.299 e. The molecule has 0 saturated carbocycles. The molecular weight excluding hydrogens is 210 g/mol. The lowest BCUT2D eigenvalue weighted by molar-refractivity contribution is 0.325. The van der Waals surface area contributed by atoms with Gasteiger partial charge in [-0.25, -0.2) is 0 Å². The molecule has 1 aromatic carbocycles. The number of phenolic OH excluding ortho intramolecular Hbond substituents is 1. The molecule has 6 nitrogen and oxygen atoms in total. The van der Waals surface area contributed by atoms with Gasteiger partial charge in [0, 0.05) is 5.69 Å². The molecule has 5 N–H and O–H groups in total. The van der Waals surface area contributed by atoms with Gasteiger partial charge in [0.1, 0.15) is 12.5 Å². The average Bonchev–Trinajstić information content (AvgIpc) is 2.08. The number of hydrogen-bond donors (Lipinski definition) is 5. The topological polar surface area (TPSA) is 110 Å². The van der Waals surface area contributed by atoms with Crippen LogP contribution in [0.5, 0.6) is 5.75 Å². The summed E-state index contributed by atoms with van der Waals surface area (Å²) in [6, 6.07) is 6.48. The van der Waals surface area contributed by atoms with E-state index in [9.17, 15) is 0 Å². The zero-order valence-corrected chi connectivity index (χ0v) is 7.94. The monoisotopic (exact) mass is 221 g/mol. The van der Waals surface area contributed by atoms with Gasteiger partial charge in [-0.2, -0.15) is 4.21 Å². The molecule has 0 aliphatic rings. The third kappa shape index (κ3) is 7.50. The summed E-state index contributed by atoms with van der Waals surface area (Å²) in [5.41, 5.74) is 0.792. The predicted octanol–water partition coefficient (Wildman–Crippen LogP) is 0.435. The van der Waals surface area contributed by atoms with Gasteiger partial charge in [0.15, 0.2) is 0 Å². The number of phenols is 1. The van der Waals surface area contributed by atoms with E-state index >= 15 is 0 Å². The quantitative estimate of drug-likeness (QED) is 0.281. The number of nitrogens with one attached hydrogen (secondary N) is 1. The molecule has 14 heavy (non-hydrogen) atoms. The molecule has 0 radical (unpaired) electrons. The van der Waals surface area contributed by atoms with E-state index in [-0.39, 0.29) is 12.5 Å². The molecule has 0 fully saturated rings. The first kappa shape index (κ1) is 12.8. The van der Waals surface area contributed by atoms with E-state index in [0.717, 1.165) is 5.69 Å². The molecule has 7 heteroatoms. The molecule has 0 aliphatic carbocycles. The van der Waals surface area contributed by atoms with Crippen molar-refractivity contribution in [1.29, 1.82) is 0 Å². The fraction of sp³-hybridized carbons (Fsp3) is 0.143. The molecule has 0 aromatic heterocycles. The Bertz CT molecular complexity index is 272. The van der Waals surface area contributed by atoms with Crippen molar-refractivity contribution >= 4 is 17.0 Å².